The molecular weight excluding hydrogens is 288 g/mol. The van der Waals surface area contributed by atoms with Crippen molar-refractivity contribution in [2.24, 2.45) is 0 Å². The summed E-state index contributed by atoms with van der Waals surface area (Å²) >= 11 is 3.54. The molecule has 2 N–H and O–H groups in total. The van der Waals surface area contributed by atoms with Crippen LogP contribution < -0.4 is 0 Å². The van der Waals surface area contributed by atoms with Crippen LogP contribution in [0.25, 0.3) is 32.7 Å². The van der Waals surface area contributed by atoms with Gasteiger partial charge in [0.1, 0.15) is 0 Å². The van der Waals surface area contributed by atoms with Gasteiger partial charge < -0.3 is 9.97 Å². The second kappa shape index (κ2) is 3.39. The maximum atomic E-state index is 3.54. The molecule has 2 heterocycles. The van der Waals surface area contributed by atoms with E-state index in [2.05, 4.69) is 69.4 Å². The van der Waals surface area contributed by atoms with Gasteiger partial charge in [-0.2, -0.15) is 0 Å². The lowest BCUT2D eigenvalue weighted by atomic mass is 10.1. The van der Waals surface area contributed by atoms with Crippen LogP contribution >= 0.6 is 15.9 Å². The van der Waals surface area contributed by atoms with E-state index in [1.165, 1.54) is 38.3 Å². The van der Waals surface area contributed by atoms with Crippen LogP contribution in [0.3, 0.4) is 0 Å². The van der Waals surface area contributed by atoms with Crippen LogP contribution in [-0.2, 0) is 0 Å². The molecule has 88 valence electrons. The molecule has 2 aromatic heterocycles. The van der Waals surface area contributed by atoms with Crippen LogP contribution in [0.15, 0.2) is 41.0 Å². The molecule has 3 heteroatoms. The predicted molar refractivity (Wildman–Crippen MR) is 80.1 cm³/mol. The highest BCUT2D eigenvalue weighted by Gasteiger charge is 2.09. The lowest BCUT2D eigenvalue weighted by Gasteiger charge is -1.95. The molecule has 0 aliphatic heterocycles. The quantitative estimate of drug-likeness (QED) is 0.464. The van der Waals surface area contributed by atoms with E-state index in [-0.39, 0.29) is 0 Å². The Balaban J connectivity index is 2.29. The molecule has 0 radical (unpaired) electrons. The predicted octanol–water partition coefficient (Wildman–Crippen LogP) is 4.87. The Bertz CT molecular complexity index is 899. The Morgan fingerprint density at radius 2 is 1.78 bits per heavy atom. The molecule has 0 spiro atoms. The van der Waals surface area contributed by atoms with Gasteiger partial charge in [0.15, 0.2) is 0 Å². The molecule has 18 heavy (non-hydrogen) atoms. The molecule has 0 fully saturated rings. The number of aromatic nitrogens is 2. The highest BCUT2D eigenvalue weighted by atomic mass is 79.9. The van der Waals surface area contributed by atoms with Crippen LogP contribution in [0, 0.1) is 6.92 Å². The van der Waals surface area contributed by atoms with Gasteiger partial charge in [-0.05, 0) is 30.7 Å². The monoisotopic (exact) mass is 298 g/mol. The van der Waals surface area contributed by atoms with Crippen LogP contribution in [0.4, 0.5) is 0 Å². The van der Waals surface area contributed by atoms with Crippen molar-refractivity contribution in [3.05, 3.63) is 46.6 Å². The third-order valence-corrected chi connectivity index (χ3v) is 4.09. The van der Waals surface area contributed by atoms with Crippen molar-refractivity contribution < 1.29 is 0 Å². The van der Waals surface area contributed by atoms with Gasteiger partial charge in [-0.1, -0.05) is 28.1 Å². The summed E-state index contributed by atoms with van der Waals surface area (Å²) in [5.41, 5.74) is 4.84. The van der Waals surface area contributed by atoms with E-state index in [1.807, 2.05) is 0 Å². The number of halogens is 1. The summed E-state index contributed by atoms with van der Waals surface area (Å²) in [6, 6.07) is 10.7. The van der Waals surface area contributed by atoms with Crippen molar-refractivity contribution in [3.63, 3.8) is 0 Å². The largest absolute Gasteiger partial charge is 0.359 e. The molecule has 2 nitrogen and oxygen atoms in total. The van der Waals surface area contributed by atoms with Gasteiger partial charge >= 0.3 is 0 Å². The fourth-order valence-electron chi connectivity index (χ4n) is 2.68. The molecule has 2 aromatic carbocycles. The smallest absolute Gasteiger partial charge is 0.0710 e. The summed E-state index contributed by atoms with van der Waals surface area (Å²) < 4.78 is 1.11. The van der Waals surface area contributed by atoms with E-state index in [4.69, 9.17) is 0 Å². The zero-order valence-corrected chi connectivity index (χ0v) is 11.4. The Hall–Kier alpha value is -1.74. The summed E-state index contributed by atoms with van der Waals surface area (Å²) in [7, 11) is 0. The van der Waals surface area contributed by atoms with Crippen LogP contribution in [-0.4, -0.2) is 9.97 Å². The number of H-pyrrole nitrogens is 2. The average Bonchev–Trinajstić information content (AvgIpc) is 2.90. The van der Waals surface area contributed by atoms with Crippen molar-refractivity contribution in [3.8, 4) is 0 Å². The van der Waals surface area contributed by atoms with E-state index in [0.29, 0.717) is 0 Å². The topological polar surface area (TPSA) is 31.6 Å². The third-order valence-electron chi connectivity index (χ3n) is 3.59. The molecular formula is C15H11BrN2. The van der Waals surface area contributed by atoms with Gasteiger partial charge in [0.05, 0.1) is 11.0 Å². The van der Waals surface area contributed by atoms with Crippen molar-refractivity contribution in [2.45, 2.75) is 6.92 Å². The minimum absolute atomic E-state index is 1.11. The standard InChI is InChI=1S/C15H11BrN2/c1-8-7-17-14-10(8)3-4-11-12-6-9(16)2-5-13(12)18-15(11)14/h2-7,17-18H,1H3. The molecule has 4 rings (SSSR count). The second-order valence-corrected chi connectivity index (χ2v) is 5.61. The van der Waals surface area contributed by atoms with Crippen LogP contribution in [0.1, 0.15) is 5.56 Å². The maximum absolute atomic E-state index is 3.54. The van der Waals surface area contributed by atoms with E-state index >= 15 is 0 Å². The second-order valence-electron chi connectivity index (χ2n) is 4.70. The lowest BCUT2D eigenvalue weighted by Crippen LogP contribution is -1.72. The van der Waals surface area contributed by atoms with Crippen molar-refractivity contribution in [1.82, 2.24) is 9.97 Å². The Morgan fingerprint density at radius 1 is 0.944 bits per heavy atom. The number of nitrogens with one attached hydrogen (secondary N) is 2. The number of hydrogen-bond acceptors (Lipinski definition) is 0. The number of aryl methyl sites for hydroxylation is 1. The Morgan fingerprint density at radius 3 is 2.67 bits per heavy atom. The third kappa shape index (κ3) is 1.22. The first-order valence-electron chi connectivity index (χ1n) is 5.92. The van der Waals surface area contributed by atoms with Gasteiger partial charge in [-0.15, -0.1) is 0 Å². The minimum atomic E-state index is 1.11. The summed E-state index contributed by atoms with van der Waals surface area (Å²) in [5, 5.41) is 3.81. The molecule has 0 aliphatic carbocycles. The Kier molecular flexibility index (Phi) is 1.92. The van der Waals surface area contributed by atoms with E-state index in [1.54, 1.807) is 0 Å². The molecule has 0 saturated heterocycles. The van der Waals surface area contributed by atoms with Crippen LogP contribution in [0.2, 0.25) is 0 Å². The molecule has 0 aliphatic rings. The highest BCUT2D eigenvalue weighted by molar-refractivity contribution is 9.10. The van der Waals surface area contributed by atoms with Gasteiger partial charge in [0, 0.05) is 32.3 Å². The number of hydrogen-bond donors (Lipinski definition) is 2. The first-order valence-corrected chi connectivity index (χ1v) is 6.71. The molecule has 0 bridgehead atoms. The first kappa shape index (κ1) is 10.2. The van der Waals surface area contributed by atoms with Gasteiger partial charge in [0.25, 0.3) is 0 Å². The van der Waals surface area contributed by atoms with E-state index < -0.39 is 0 Å². The van der Waals surface area contributed by atoms with Crippen molar-refractivity contribution >= 4 is 48.6 Å². The molecule has 4 aromatic rings. The first-order chi connectivity index (χ1) is 8.74. The zero-order chi connectivity index (χ0) is 12.3. The van der Waals surface area contributed by atoms with E-state index in [9.17, 15) is 0 Å². The highest BCUT2D eigenvalue weighted by Crippen LogP contribution is 2.32. The Labute approximate surface area is 112 Å². The summed E-state index contributed by atoms with van der Waals surface area (Å²) in [6.07, 6.45) is 2.06. The normalized spacial score (nSPS) is 11.9. The number of benzene rings is 2. The molecule has 0 atom stereocenters. The number of fused-ring (bicyclic) bond motifs is 5. The average molecular weight is 299 g/mol. The lowest BCUT2D eigenvalue weighted by molar-refractivity contribution is 1.42. The SMILES string of the molecule is Cc1c[nH]c2c1ccc1c3cc(Br)ccc3[nH]c12. The number of aromatic amines is 2. The molecule has 0 amide bonds. The minimum Gasteiger partial charge on any atom is -0.359 e. The summed E-state index contributed by atoms with van der Waals surface area (Å²) in [5.74, 6) is 0. The van der Waals surface area contributed by atoms with Gasteiger partial charge in [0.2, 0.25) is 0 Å². The maximum Gasteiger partial charge on any atom is 0.0710 e. The van der Waals surface area contributed by atoms with Gasteiger partial charge in [-0.25, -0.2) is 0 Å². The fraction of sp³-hybridized carbons (Fsp3) is 0.0667. The zero-order valence-electron chi connectivity index (χ0n) is 9.84. The summed E-state index contributed by atoms with van der Waals surface area (Å²) in [6.45, 7) is 2.13. The van der Waals surface area contributed by atoms with Crippen molar-refractivity contribution in [2.75, 3.05) is 0 Å². The van der Waals surface area contributed by atoms with Gasteiger partial charge in [-0.3, -0.25) is 0 Å². The van der Waals surface area contributed by atoms with Crippen molar-refractivity contribution in [1.29, 1.82) is 0 Å². The molecule has 0 saturated carbocycles. The fourth-order valence-corrected chi connectivity index (χ4v) is 3.04. The number of rotatable bonds is 0. The summed E-state index contributed by atoms with van der Waals surface area (Å²) in [4.78, 5) is 6.87. The van der Waals surface area contributed by atoms with Crippen LogP contribution in [0.5, 0.6) is 0 Å². The molecule has 0 unspecified atom stereocenters. The van der Waals surface area contributed by atoms with E-state index in [0.717, 1.165) is 4.47 Å².